The minimum absolute atomic E-state index is 0.704. The van der Waals surface area contributed by atoms with Crippen LogP contribution in [0.1, 0.15) is 29.2 Å². The van der Waals surface area contributed by atoms with Crippen molar-refractivity contribution in [1.29, 1.82) is 0 Å². The van der Waals surface area contributed by atoms with Gasteiger partial charge >= 0.3 is 0 Å². The molecule has 1 N–H and O–H groups in total. The summed E-state index contributed by atoms with van der Waals surface area (Å²) in [5, 5.41) is 3.23. The van der Waals surface area contributed by atoms with Crippen LogP contribution >= 0.6 is 0 Å². The molecule has 1 nitrogen and oxygen atoms in total. The number of aryl methyl sites for hydroxylation is 3. The van der Waals surface area contributed by atoms with Gasteiger partial charge in [-0.1, -0.05) is 19.1 Å². The first kappa shape index (κ1) is 12.3. The molecule has 1 atom stereocenters. The molecule has 0 aliphatic rings. The van der Waals surface area contributed by atoms with Gasteiger partial charge in [0.05, 0.1) is 0 Å². The van der Waals surface area contributed by atoms with Crippen molar-refractivity contribution in [1.82, 2.24) is 5.32 Å². The van der Waals surface area contributed by atoms with Crippen LogP contribution in [-0.2, 0) is 6.42 Å². The maximum absolute atomic E-state index is 3.23. The Morgan fingerprint density at radius 2 is 1.67 bits per heavy atom. The molecule has 15 heavy (non-hydrogen) atoms. The molecule has 0 radical (unpaired) electrons. The predicted molar refractivity (Wildman–Crippen MR) is 67.4 cm³/mol. The summed E-state index contributed by atoms with van der Waals surface area (Å²) in [5.41, 5.74) is 5.74. The molecule has 1 aromatic rings. The molecule has 1 rings (SSSR count). The fourth-order valence-electron chi connectivity index (χ4n) is 2.04. The Labute approximate surface area is 93.9 Å². The van der Waals surface area contributed by atoms with E-state index >= 15 is 0 Å². The van der Waals surface area contributed by atoms with Crippen LogP contribution in [0.25, 0.3) is 0 Å². The van der Waals surface area contributed by atoms with Gasteiger partial charge in [0.15, 0.2) is 0 Å². The van der Waals surface area contributed by atoms with Crippen molar-refractivity contribution in [3.05, 3.63) is 34.4 Å². The van der Waals surface area contributed by atoms with Crippen molar-refractivity contribution in [3.8, 4) is 0 Å². The molecule has 0 heterocycles. The Morgan fingerprint density at radius 3 is 2.27 bits per heavy atom. The molecule has 0 aliphatic heterocycles. The first-order chi connectivity index (χ1) is 7.04. The topological polar surface area (TPSA) is 12.0 Å². The van der Waals surface area contributed by atoms with Crippen LogP contribution in [0.4, 0.5) is 0 Å². The monoisotopic (exact) mass is 205 g/mol. The van der Waals surface area contributed by atoms with Crippen molar-refractivity contribution in [2.45, 2.75) is 34.1 Å². The average molecular weight is 205 g/mol. The van der Waals surface area contributed by atoms with Crippen LogP contribution < -0.4 is 5.32 Å². The molecule has 0 saturated heterocycles. The highest BCUT2D eigenvalue weighted by Gasteiger charge is 2.06. The molecular formula is C14H23N. The maximum Gasteiger partial charge on any atom is -0.00230 e. The van der Waals surface area contributed by atoms with Gasteiger partial charge in [0.25, 0.3) is 0 Å². The first-order valence-electron chi connectivity index (χ1n) is 5.76. The summed E-state index contributed by atoms with van der Waals surface area (Å²) in [6.07, 6.45) is 1.17. The number of hydrogen-bond acceptors (Lipinski definition) is 1. The van der Waals surface area contributed by atoms with Gasteiger partial charge in [-0.25, -0.2) is 0 Å². The second-order valence-electron chi connectivity index (χ2n) is 4.73. The van der Waals surface area contributed by atoms with Gasteiger partial charge in [-0.2, -0.15) is 0 Å². The Kier molecular flexibility index (Phi) is 4.34. The van der Waals surface area contributed by atoms with Gasteiger partial charge < -0.3 is 5.32 Å². The number of hydrogen-bond donors (Lipinski definition) is 1. The van der Waals surface area contributed by atoms with Crippen LogP contribution in [-0.4, -0.2) is 13.6 Å². The minimum Gasteiger partial charge on any atom is -0.319 e. The van der Waals surface area contributed by atoms with E-state index in [0.29, 0.717) is 5.92 Å². The average Bonchev–Trinajstić information content (AvgIpc) is 2.14. The summed E-state index contributed by atoms with van der Waals surface area (Å²) in [7, 11) is 2.02. The highest BCUT2D eigenvalue weighted by molar-refractivity contribution is 5.36. The van der Waals surface area contributed by atoms with Gasteiger partial charge in [0.2, 0.25) is 0 Å². The highest BCUT2D eigenvalue weighted by Crippen LogP contribution is 2.18. The summed E-state index contributed by atoms with van der Waals surface area (Å²) in [4.78, 5) is 0. The predicted octanol–water partition coefficient (Wildman–Crippen LogP) is 3.01. The summed E-state index contributed by atoms with van der Waals surface area (Å²) in [5.74, 6) is 0.704. The Balaban J connectivity index is 2.81. The maximum atomic E-state index is 3.23. The van der Waals surface area contributed by atoms with Gasteiger partial charge in [0, 0.05) is 0 Å². The first-order valence-corrected chi connectivity index (χ1v) is 5.76. The van der Waals surface area contributed by atoms with Crippen molar-refractivity contribution in [2.24, 2.45) is 5.92 Å². The molecule has 1 aromatic carbocycles. The molecule has 0 bridgehead atoms. The molecule has 0 spiro atoms. The molecule has 1 unspecified atom stereocenters. The van der Waals surface area contributed by atoms with Crippen LogP contribution in [0, 0.1) is 26.7 Å². The zero-order valence-electron chi connectivity index (χ0n) is 10.6. The zero-order chi connectivity index (χ0) is 11.4. The van der Waals surface area contributed by atoms with E-state index in [2.05, 4.69) is 45.1 Å². The number of nitrogens with one attached hydrogen (secondary N) is 1. The van der Waals surface area contributed by atoms with Gasteiger partial charge in [0.1, 0.15) is 0 Å². The van der Waals surface area contributed by atoms with E-state index in [-0.39, 0.29) is 0 Å². The Morgan fingerprint density at radius 1 is 1.07 bits per heavy atom. The summed E-state index contributed by atoms with van der Waals surface area (Å²) in [6.45, 7) is 9.98. The molecule has 0 amide bonds. The second kappa shape index (κ2) is 5.32. The number of benzene rings is 1. The van der Waals surface area contributed by atoms with E-state index in [1.807, 2.05) is 7.05 Å². The fraction of sp³-hybridized carbons (Fsp3) is 0.571. The lowest BCUT2D eigenvalue weighted by Crippen LogP contribution is -2.18. The lowest BCUT2D eigenvalue weighted by molar-refractivity contribution is 0.540. The fourth-order valence-corrected chi connectivity index (χ4v) is 2.04. The van der Waals surface area contributed by atoms with Gasteiger partial charge in [-0.3, -0.25) is 0 Å². The van der Waals surface area contributed by atoms with Gasteiger partial charge in [-0.15, -0.1) is 0 Å². The smallest absolute Gasteiger partial charge is 0.00230 e. The molecule has 0 aliphatic carbocycles. The van der Waals surface area contributed by atoms with E-state index in [9.17, 15) is 0 Å². The zero-order valence-corrected chi connectivity index (χ0v) is 10.6. The molecule has 0 saturated carbocycles. The second-order valence-corrected chi connectivity index (χ2v) is 4.73. The normalized spacial score (nSPS) is 12.9. The summed E-state index contributed by atoms with van der Waals surface area (Å²) in [6, 6.07) is 4.65. The summed E-state index contributed by atoms with van der Waals surface area (Å²) < 4.78 is 0. The minimum atomic E-state index is 0.704. The van der Waals surface area contributed by atoms with E-state index in [1.54, 1.807) is 0 Å². The standard InChI is InChI=1S/C14H23N/c1-10(9-15-5)6-14-8-12(3)11(2)7-13(14)4/h7-8,10,15H,6,9H2,1-5H3. The third-order valence-corrected chi connectivity index (χ3v) is 3.07. The number of rotatable bonds is 4. The van der Waals surface area contributed by atoms with E-state index < -0.39 is 0 Å². The molecule has 0 fully saturated rings. The third kappa shape index (κ3) is 3.35. The Hall–Kier alpha value is -0.820. The largest absolute Gasteiger partial charge is 0.319 e. The molecule has 84 valence electrons. The lowest BCUT2D eigenvalue weighted by Gasteiger charge is -2.14. The highest BCUT2D eigenvalue weighted by atomic mass is 14.8. The SMILES string of the molecule is CNCC(C)Cc1cc(C)c(C)cc1C. The van der Waals surface area contributed by atoms with Crippen molar-refractivity contribution in [3.63, 3.8) is 0 Å². The van der Waals surface area contributed by atoms with Crippen LogP contribution in [0.2, 0.25) is 0 Å². The quantitative estimate of drug-likeness (QED) is 0.796. The van der Waals surface area contributed by atoms with Crippen molar-refractivity contribution < 1.29 is 0 Å². The molecule has 1 heteroatoms. The summed E-state index contributed by atoms with van der Waals surface area (Å²) >= 11 is 0. The lowest BCUT2D eigenvalue weighted by atomic mass is 9.94. The molecular weight excluding hydrogens is 182 g/mol. The van der Waals surface area contributed by atoms with Crippen molar-refractivity contribution >= 4 is 0 Å². The van der Waals surface area contributed by atoms with Crippen LogP contribution in [0.15, 0.2) is 12.1 Å². The molecule has 0 aromatic heterocycles. The third-order valence-electron chi connectivity index (χ3n) is 3.07. The van der Waals surface area contributed by atoms with E-state index in [0.717, 1.165) is 6.54 Å². The van der Waals surface area contributed by atoms with E-state index in [1.165, 1.54) is 28.7 Å². The van der Waals surface area contributed by atoms with Crippen molar-refractivity contribution in [2.75, 3.05) is 13.6 Å². The van der Waals surface area contributed by atoms with Crippen LogP contribution in [0.5, 0.6) is 0 Å². The van der Waals surface area contributed by atoms with Crippen LogP contribution in [0.3, 0.4) is 0 Å². The van der Waals surface area contributed by atoms with E-state index in [4.69, 9.17) is 0 Å². The van der Waals surface area contributed by atoms with Gasteiger partial charge in [-0.05, 0) is 69.0 Å². The Bertz CT molecular complexity index is 328.